The first-order valence-electron chi connectivity index (χ1n) is 6.25. The Morgan fingerprint density at radius 3 is 2.19 bits per heavy atom. The molecule has 0 heterocycles. The molecule has 0 amide bonds. The van der Waals surface area contributed by atoms with E-state index in [4.69, 9.17) is 9.84 Å². The molecular weight excluding hydrogens is 272 g/mol. The fourth-order valence-electron chi connectivity index (χ4n) is 2.37. The van der Waals surface area contributed by atoms with Crippen LogP contribution < -0.4 is 4.74 Å². The predicted octanol–water partition coefficient (Wildman–Crippen LogP) is 1.93. The first-order chi connectivity index (χ1) is 10.1. The molecular formula is C16H10O5. The number of carbonyl (C=O) groups excluding carboxylic acids is 2. The molecule has 21 heavy (non-hydrogen) atoms. The summed E-state index contributed by atoms with van der Waals surface area (Å²) in [4.78, 5) is 35.6. The van der Waals surface area contributed by atoms with Crippen molar-refractivity contribution in [3.63, 3.8) is 0 Å². The summed E-state index contributed by atoms with van der Waals surface area (Å²) in [6.07, 6.45) is 0. The number of carboxylic acids is 1. The normalized spacial score (nSPS) is 12.6. The first kappa shape index (κ1) is 13.1. The van der Waals surface area contributed by atoms with Gasteiger partial charge in [0.2, 0.25) is 0 Å². The Morgan fingerprint density at radius 2 is 1.52 bits per heavy atom. The fourth-order valence-corrected chi connectivity index (χ4v) is 2.37. The second-order valence-electron chi connectivity index (χ2n) is 4.56. The summed E-state index contributed by atoms with van der Waals surface area (Å²) in [5.74, 6) is -1.63. The van der Waals surface area contributed by atoms with E-state index < -0.39 is 12.6 Å². The summed E-state index contributed by atoms with van der Waals surface area (Å²) < 4.78 is 5.13. The molecule has 0 spiro atoms. The van der Waals surface area contributed by atoms with Crippen molar-refractivity contribution in [2.75, 3.05) is 6.61 Å². The van der Waals surface area contributed by atoms with Crippen LogP contribution in [0.2, 0.25) is 0 Å². The molecule has 0 aromatic heterocycles. The molecule has 5 nitrogen and oxygen atoms in total. The van der Waals surface area contributed by atoms with Crippen molar-refractivity contribution in [2.45, 2.75) is 0 Å². The van der Waals surface area contributed by atoms with Crippen LogP contribution in [0.5, 0.6) is 5.75 Å². The van der Waals surface area contributed by atoms with Crippen LogP contribution in [-0.2, 0) is 4.79 Å². The molecule has 2 aromatic rings. The van der Waals surface area contributed by atoms with Gasteiger partial charge < -0.3 is 9.84 Å². The van der Waals surface area contributed by atoms with Gasteiger partial charge in [-0.05, 0) is 6.07 Å². The Hall–Kier alpha value is -2.95. The topological polar surface area (TPSA) is 80.7 Å². The molecule has 104 valence electrons. The van der Waals surface area contributed by atoms with Crippen LogP contribution in [0.1, 0.15) is 31.8 Å². The number of carboxylic acid groups (broad SMARTS) is 1. The van der Waals surface area contributed by atoms with Gasteiger partial charge in [-0.15, -0.1) is 0 Å². The lowest BCUT2D eigenvalue weighted by atomic mass is 9.83. The molecule has 0 fully saturated rings. The zero-order valence-corrected chi connectivity index (χ0v) is 10.8. The molecule has 0 unspecified atom stereocenters. The number of benzene rings is 2. The van der Waals surface area contributed by atoms with E-state index in [0.29, 0.717) is 11.1 Å². The summed E-state index contributed by atoms with van der Waals surface area (Å²) in [7, 11) is 0. The Kier molecular flexibility index (Phi) is 3.02. The number of carbonyl (C=O) groups is 3. The van der Waals surface area contributed by atoms with Crippen molar-refractivity contribution in [1.29, 1.82) is 0 Å². The highest BCUT2D eigenvalue weighted by molar-refractivity contribution is 6.29. The van der Waals surface area contributed by atoms with Gasteiger partial charge in [-0.25, -0.2) is 4.79 Å². The van der Waals surface area contributed by atoms with Gasteiger partial charge in [-0.2, -0.15) is 0 Å². The van der Waals surface area contributed by atoms with Crippen molar-refractivity contribution in [3.05, 3.63) is 64.7 Å². The Bertz CT molecular complexity index is 776. The molecule has 0 aliphatic heterocycles. The van der Waals surface area contributed by atoms with Crippen molar-refractivity contribution < 1.29 is 24.2 Å². The number of ether oxygens (including phenoxy) is 1. The van der Waals surface area contributed by atoms with E-state index in [1.807, 2.05) is 0 Å². The van der Waals surface area contributed by atoms with E-state index in [1.165, 1.54) is 6.07 Å². The quantitative estimate of drug-likeness (QED) is 0.793. The Balaban J connectivity index is 2.14. The van der Waals surface area contributed by atoms with Gasteiger partial charge in [0.1, 0.15) is 5.75 Å². The van der Waals surface area contributed by atoms with Crippen LogP contribution in [0, 0.1) is 0 Å². The van der Waals surface area contributed by atoms with Crippen molar-refractivity contribution >= 4 is 17.5 Å². The van der Waals surface area contributed by atoms with E-state index in [1.54, 1.807) is 36.4 Å². The first-order valence-corrected chi connectivity index (χ1v) is 6.25. The average Bonchev–Trinajstić information content (AvgIpc) is 2.50. The molecule has 1 N–H and O–H groups in total. The minimum Gasteiger partial charge on any atom is -0.481 e. The smallest absolute Gasteiger partial charge is 0.341 e. The molecule has 0 radical (unpaired) electrons. The number of hydrogen-bond donors (Lipinski definition) is 1. The van der Waals surface area contributed by atoms with E-state index in [2.05, 4.69) is 0 Å². The molecule has 1 aliphatic carbocycles. The molecule has 1 aliphatic rings. The predicted molar refractivity (Wildman–Crippen MR) is 72.9 cm³/mol. The third kappa shape index (κ3) is 2.08. The van der Waals surface area contributed by atoms with Crippen LogP contribution in [0.25, 0.3) is 0 Å². The van der Waals surface area contributed by atoms with E-state index in [0.717, 1.165) is 0 Å². The lowest BCUT2D eigenvalue weighted by Gasteiger charge is -2.19. The van der Waals surface area contributed by atoms with Crippen LogP contribution in [-0.4, -0.2) is 29.2 Å². The molecule has 0 atom stereocenters. The van der Waals surface area contributed by atoms with Gasteiger partial charge in [0.15, 0.2) is 18.2 Å². The Morgan fingerprint density at radius 1 is 0.905 bits per heavy atom. The number of ketones is 2. The summed E-state index contributed by atoms with van der Waals surface area (Å²) >= 11 is 0. The molecule has 3 rings (SSSR count). The minimum absolute atomic E-state index is 0.114. The maximum atomic E-state index is 12.5. The van der Waals surface area contributed by atoms with Crippen LogP contribution >= 0.6 is 0 Å². The van der Waals surface area contributed by atoms with Gasteiger partial charge in [-0.1, -0.05) is 36.4 Å². The Labute approximate surface area is 119 Å². The molecule has 5 heteroatoms. The van der Waals surface area contributed by atoms with Gasteiger partial charge in [0.05, 0.1) is 5.56 Å². The van der Waals surface area contributed by atoms with Gasteiger partial charge in [-0.3, -0.25) is 9.59 Å². The highest BCUT2D eigenvalue weighted by atomic mass is 16.5. The maximum Gasteiger partial charge on any atom is 0.341 e. The summed E-state index contributed by atoms with van der Waals surface area (Å²) in [5, 5.41) is 8.68. The van der Waals surface area contributed by atoms with Crippen LogP contribution in [0.4, 0.5) is 0 Å². The summed E-state index contributed by atoms with van der Waals surface area (Å²) in [5.41, 5.74) is 1.02. The largest absolute Gasteiger partial charge is 0.481 e. The second kappa shape index (κ2) is 4.86. The lowest BCUT2D eigenvalue weighted by molar-refractivity contribution is -0.139. The van der Waals surface area contributed by atoms with Crippen LogP contribution in [0.15, 0.2) is 42.5 Å². The molecule has 0 bridgehead atoms. The van der Waals surface area contributed by atoms with Crippen molar-refractivity contribution in [2.24, 2.45) is 0 Å². The maximum absolute atomic E-state index is 12.5. The van der Waals surface area contributed by atoms with Gasteiger partial charge in [0, 0.05) is 16.7 Å². The third-order valence-corrected chi connectivity index (χ3v) is 3.27. The highest BCUT2D eigenvalue weighted by Gasteiger charge is 2.31. The van der Waals surface area contributed by atoms with E-state index >= 15 is 0 Å². The lowest BCUT2D eigenvalue weighted by Crippen LogP contribution is -2.22. The van der Waals surface area contributed by atoms with E-state index in [9.17, 15) is 14.4 Å². The van der Waals surface area contributed by atoms with Crippen LogP contribution in [0.3, 0.4) is 0 Å². The SMILES string of the molecule is O=C(O)COc1cccc2c1C(=O)c1ccccc1C2=O. The van der Waals surface area contributed by atoms with Crippen molar-refractivity contribution in [3.8, 4) is 5.75 Å². The summed E-state index contributed by atoms with van der Waals surface area (Å²) in [6, 6.07) is 11.1. The zero-order valence-electron chi connectivity index (χ0n) is 10.8. The third-order valence-electron chi connectivity index (χ3n) is 3.27. The van der Waals surface area contributed by atoms with Gasteiger partial charge >= 0.3 is 5.97 Å². The fraction of sp³-hybridized carbons (Fsp3) is 0.0625. The molecule has 0 saturated heterocycles. The molecule has 0 saturated carbocycles. The minimum atomic E-state index is -1.15. The summed E-state index contributed by atoms with van der Waals surface area (Å²) in [6.45, 7) is -0.570. The monoisotopic (exact) mass is 282 g/mol. The van der Waals surface area contributed by atoms with Gasteiger partial charge in [0.25, 0.3) is 0 Å². The highest BCUT2D eigenvalue weighted by Crippen LogP contribution is 2.33. The van der Waals surface area contributed by atoms with E-state index in [-0.39, 0.29) is 28.4 Å². The number of rotatable bonds is 3. The number of hydrogen-bond acceptors (Lipinski definition) is 4. The standard InChI is InChI=1S/C16H10O5/c17-13(18)8-21-12-7-3-6-11-14(12)16(20)10-5-2-1-4-9(10)15(11)19/h1-7H,8H2,(H,17,18). The number of fused-ring (bicyclic) bond motifs is 2. The second-order valence-corrected chi connectivity index (χ2v) is 4.56. The van der Waals surface area contributed by atoms with Crippen molar-refractivity contribution in [1.82, 2.24) is 0 Å². The zero-order chi connectivity index (χ0) is 15.0. The molecule has 2 aromatic carbocycles. The average molecular weight is 282 g/mol. The number of aliphatic carboxylic acids is 1.